The maximum atomic E-state index is 12.0. The molecule has 2 nitrogen and oxygen atoms in total. The molecular weight excluding hydrogens is 210 g/mol. The fourth-order valence-electron chi connectivity index (χ4n) is 1.89. The molecule has 2 rings (SSSR count). The van der Waals surface area contributed by atoms with Crippen LogP contribution < -0.4 is 0 Å². The van der Waals surface area contributed by atoms with Gasteiger partial charge in [-0.05, 0) is 12.0 Å². The summed E-state index contributed by atoms with van der Waals surface area (Å²) in [6, 6.07) is 9.67. The largest absolute Gasteiger partial charge is 0.301 e. The summed E-state index contributed by atoms with van der Waals surface area (Å²) < 4.78 is 0. The molecule has 0 aromatic heterocycles. The van der Waals surface area contributed by atoms with Crippen molar-refractivity contribution in [2.24, 2.45) is 5.92 Å². The van der Waals surface area contributed by atoms with Gasteiger partial charge < -0.3 is 5.41 Å². The number of carbonyl (C=O) groups excluding carboxylic acids is 1. The molecule has 0 fully saturated rings. The van der Waals surface area contributed by atoms with Gasteiger partial charge in [-0.2, -0.15) is 0 Å². The average molecular weight is 225 g/mol. The third-order valence-electron chi connectivity index (χ3n) is 2.84. The third-order valence-corrected chi connectivity index (χ3v) is 2.84. The van der Waals surface area contributed by atoms with Crippen LogP contribution in [-0.4, -0.2) is 11.5 Å². The van der Waals surface area contributed by atoms with Crippen molar-refractivity contribution in [1.82, 2.24) is 0 Å². The number of allylic oxidation sites excluding steroid dienone is 4. The summed E-state index contributed by atoms with van der Waals surface area (Å²) in [7, 11) is 0. The maximum Gasteiger partial charge on any atom is 0.183 e. The minimum Gasteiger partial charge on any atom is -0.301 e. The number of rotatable bonds is 4. The zero-order valence-corrected chi connectivity index (χ0v) is 9.60. The second-order valence-electron chi connectivity index (χ2n) is 4.16. The van der Waals surface area contributed by atoms with Crippen LogP contribution in [0.3, 0.4) is 0 Å². The minimum atomic E-state index is -0.142. The van der Waals surface area contributed by atoms with E-state index in [4.69, 9.17) is 5.41 Å². The molecule has 0 radical (unpaired) electrons. The predicted octanol–water partition coefficient (Wildman–Crippen LogP) is 2.95. The van der Waals surface area contributed by atoms with Crippen molar-refractivity contribution in [3.8, 4) is 0 Å². The topological polar surface area (TPSA) is 40.9 Å². The molecule has 0 saturated heterocycles. The monoisotopic (exact) mass is 225 g/mol. The highest BCUT2D eigenvalue weighted by molar-refractivity contribution is 6.40. The van der Waals surface area contributed by atoms with Gasteiger partial charge in [-0.3, -0.25) is 4.79 Å². The standard InChI is InChI=1S/C15H15NO/c16-14(11-12-7-3-1-4-8-12)15(17)13-9-5-2-6-10-13/h1-9,13,16H,10-11H2. The van der Waals surface area contributed by atoms with E-state index in [1.807, 2.05) is 54.6 Å². The molecule has 0 spiro atoms. The Kier molecular flexibility index (Phi) is 3.66. The molecular formula is C15H15NO. The molecule has 86 valence electrons. The SMILES string of the molecule is N=C(Cc1ccccc1)C(=O)C1C=CC=CC1. The summed E-state index contributed by atoms with van der Waals surface area (Å²) in [5.41, 5.74) is 1.21. The Morgan fingerprint density at radius 1 is 1.24 bits per heavy atom. The molecule has 0 aliphatic heterocycles. The Bertz CT molecular complexity index is 471. The summed E-state index contributed by atoms with van der Waals surface area (Å²) in [5.74, 6) is -0.203. The number of ketones is 1. The van der Waals surface area contributed by atoms with E-state index < -0.39 is 0 Å². The summed E-state index contributed by atoms with van der Waals surface area (Å²) >= 11 is 0. The van der Waals surface area contributed by atoms with Crippen molar-refractivity contribution < 1.29 is 4.79 Å². The van der Waals surface area contributed by atoms with Crippen LogP contribution in [0.4, 0.5) is 0 Å². The lowest BCUT2D eigenvalue weighted by atomic mass is 9.91. The van der Waals surface area contributed by atoms with E-state index >= 15 is 0 Å². The van der Waals surface area contributed by atoms with E-state index in [-0.39, 0.29) is 17.4 Å². The van der Waals surface area contributed by atoms with Crippen LogP contribution in [0.2, 0.25) is 0 Å². The van der Waals surface area contributed by atoms with Crippen LogP contribution in [-0.2, 0) is 11.2 Å². The van der Waals surface area contributed by atoms with Crippen molar-refractivity contribution in [2.45, 2.75) is 12.8 Å². The quantitative estimate of drug-likeness (QED) is 0.786. The van der Waals surface area contributed by atoms with Gasteiger partial charge in [0.15, 0.2) is 5.78 Å². The van der Waals surface area contributed by atoms with Crippen LogP contribution in [0.15, 0.2) is 54.6 Å². The average Bonchev–Trinajstić information content (AvgIpc) is 2.40. The van der Waals surface area contributed by atoms with E-state index in [9.17, 15) is 4.79 Å². The molecule has 0 amide bonds. The number of carbonyl (C=O) groups is 1. The van der Waals surface area contributed by atoms with Crippen molar-refractivity contribution in [3.05, 3.63) is 60.2 Å². The number of Topliss-reactive ketones (excluding diaryl/α,β-unsaturated/α-hetero) is 1. The fourth-order valence-corrected chi connectivity index (χ4v) is 1.89. The molecule has 0 bridgehead atoms. The van der Waals surface area contributed by atoms with E-state index in [1.54, 1.807) is 0 Å². The van der Waals surface area contributed by atoms with E-state index in [0.717, 1.165) is 5.56 Å². The van der Waals surface area contributed by atoms with Crippen LogP contribution in [0.5, 0.6) is 0 Å². The van der Waals surface area contributed by atoms with Gasteiger partial charge in [0.1, 0.15) is 0 Å². The van der Waals surface area contributed by atoms with Gasteiger partial charge in [-0.15, -0.1) is 0 Å². The van der Waals surface area contributed by atoms with Gasteiger partial charge in [-0.25, -0.2) is 0 Å². The molecule has 1 aromatic carbocycles. The molecule has 2 heteroatoms. The first kappa shape index (κ1) is 11.5. The number of nitrogens with one attached hydrogen (secondary N) is 1. The summed E-state index contributed by atoms with van der Waals surface area (Å²) in [6.07, 6.45) is 8.80. The Morgan fingerprint density at radius 3 is 2.65 bits per heavy atom. The first-order valence-electron chi connectivity index (χ1n) is 5.76. The first-order chi connectivity index (χ1) is 8.27. The molecule has 1 aromatic rings. The fraction of sp³-hybridized carbons (Fsp3) is 0.200. The van der Waals surface area contributed by atoms with E-state index in [1.165, 1.54) is 0 Å². The Morgan fingerprint density at radius 2 is 2.00 bits per heavy atom. The second kappa shape index (κ2) is 5.39. The van der Waals surface area contributed by atoms with Gasteiger partial charge in [0.05, 0.1) is 5.71 Å². The highest BCUT2D eigenvalue weighted by atomic mass is 16.1. The van der Waals surface area contributed by atoms with Crippen LogP contribution >= 0.6 is 0 Å². The first-order valence-corrected chi connectivity index (χ1v) is 5.76. The number of hydrogen-bond donors (Lipinski definition) is 1. The Balaban J connectivity index is 1.99. The molecule has 1 aliphatic rings. The summed E-state index contributed by atoms with van der Waals surface area (Å²) in [4.78, 5) is 12.0. The number of hydrogen-bond acceptors (Lipinski definition) is 2. The zero-order valence-electron chi connectivity index (χ0n) is 9.60. The molecule has 0 heterocycles. The van der Waals surface area contributed by atoms with Crippen molar-refractivity contribution in [3.63, 3.8) is 0 Å². The predicted molar refractivity (Wildman–Crippen MR) is 69.3 cm³/mol. The lowest BCUT2D eigenvalue weighted by Gasteiger charge is -2.12. The zero-order chi connectivity index (χ0) is 12.1. The van der Waals surface area contributed by atoms with Gasteiger partial charge in [0.2, 0.25) is 0 Å². The molecule has 17 heavy (non-hydrogen) atoms. The molecule has 0 saturated carbocycles. The van der Waals surface area contributed by atoms with Gasteiger partial charge in [0.25, 0.3) is 0 Å². The smallest absolute Gasteiger partial charge is 0.183 e. The van der Waals surface area contributed by atoms with Crippen molar-refractivity contribution >= 4 is 11.5 Å². The van der Waals surface area contributed by atoms with E-state index in [2.05, 4.69) is 0 Å². The maximum absolute atomic E-state index is 12.0. The van der Waals surface area contributed by atoms with Gasteiger partial charge >= 0.3 is 0 Å². The lowest BCUT2D eigenvalue weighted by Crippen LogP contribution is -2.23. The van der Waals surface area contributed by atoms with Crippen molar-refractivity contribution in [1.29, 1.82) is 5.41 Å². The highest BCUT2D eigenvalue weighted by Gasteiger charge is 2.19. The Hall–Kier alpha value is -1.96. The van der Waals surface area contributed by atoms with Gasteiger partial charge in [0, 0.05) is 12.3 Å². The molecule has 1 atom stereocenters. The van der Waals surface area contributed by atoms with Gasteiger partial charge in [-0.1, -0.05) is 54.6 Å². The molecule has 1 aliphatic carbocycles. The number of benzene rings is 1. The summed E-state index contributed by atoms with van der Waals surface area (Å²) in [5, 5.41) is 7.86. The normalized spacial score (nSPS) is 18.0. The van der Waals surface area contributed by atoms with Crippen molar-refractivity contribution in [2.75, 3.05) is 0 Å². The highest BCUT2D eigenvalue weighted by Crippen LogP contribution is 2.14. The Labute approximate surface area is 101 Å². The minimum absolute atomic E-state index is 0.0607. The van der Waals surface area contributed by atoms with Crippen LogP contribution in [0.25, 0.3) is 0 Å². The lowest BCUT2D eigenvalue weighted by molar-refractivity contribution is -0.115. The van der Waals surface area contributed by atoms with E-state index in [0.29, 0.717) is 12.8 Å². The second-order valence-corrected chi connectivity index (χ2v) is 4.16. The third kappa shape index (κ3) is 3.00. The molecule has 1 unspecified atom stereocenters. The summed E-state index contributed by atoms with van der Waals surface area (Å²) in [6.45, 7) is 0. The molecule has 1 N–H and O–H groups in total. The van der Waals surface area contributed by atoms with Crippen LogP contribution in [0.1, 0.15) is 12.0 Å². The van der Waals surface area contributed by atoms with Crippen LogP contribution in [0, 0.1) is 11.3 Å².